The first-order valence-corrected chi connectivity index (χ1v) is 5.57. The van der Waals surface area contributed by atoms with Crippen LogP contribution in [0.25, 0.3) is 0 Å². The SMILES string of the molecule is CCCC[C@](O)(CO)Cc1ccccc1. The molecule has 1 atom stereocenters. The standard InChI is InChI=1S/C13H20O2/c1-2-3-9-13(15,11-14)10-12-7-5-4-6-8-12/h4-8,14-15H,2-3,9-11H2,1H3/t13-/m1/s1. The highest BCUT2D eigenvalue weighted by atomic mass is 16.3. The minimum absolute atomic E-state index is 0.165. The minimum Gasteiger partial charge on any atom is -0.393 e. The lowest BCUT2D eigenvalue weighted by molar-refractivity contribution is -0.0223. The Hall–Kier alpha value is -0.860. The van der Waals surface area contributed by atoms with Crippen molar-refractivity contribution >= 4 is 0 Å². The van der Waals surface area contributed by atoms with E-state index in [0.717, 1.165) is 18.4 Å². The maximum Gasteiger partial charge on any atom is 0.0917 e. The Morgan fingerprint density at radius 3 is 2.40 bits per heavy atom. The minimum atomic E-state index is -0.947. The molecule has 0 unspecified atom stereocenters. The van der Waals surface area contributed by atoms with Gasteiger partial charge in [0.15, 0.2) is 0 Å². The zero-order valence-electron chi connectivity index (χ0n) is 9.32. The second-order valence-corrected chi connectivity index (χ2v) is 4.15. The first-order chi connectivity index (χ1) is 7.20. The van der Waals surface area contributed by atoms with Gasteiger partial charge in [-0.15, -0.1) is 0 Å². The van der Waals surface area contributed by atoms with Crippen LogP contribution in [-0.4, -0.2) is 22.4 Å². The van der Waals surface area contributed by atoms with Gasteiger partial charge in [0.2, 0.25) is 0 Å². The summed E-state index contributed by atoms with van der Waals surface area (Å²) < 4.78 is 0. The van der Waals surface area contributed by atoms with E-state index in [-0.39, 0.29) is 6.61 Å². The molecule has 1 aromatic carbocycles. The first kappa shape index (κ1) is 12.2. The van der Waals surface area contributed by atoms with Crippen LogP contribution in [0.1, 0.15) is 31.7 Å². The second kappa shape index (κ2) is 5.89. The lowest BCUT2D eigenvalue weighted by Gasteiger charge is -2.25. The molecule has 0 bridgehead atoms. The summed E-state index contributed by atoms with van der Waals surface area (Å²) in [4.78, 5) is 0. The van der Waals surface area contributed by atoms with E-state index in [1.807, 2.05) is 30.3 Å². The molecule has 0 aliphatic rings. The maximum atomic E-state index is 10.2. The number of hydrogen-bond donors (Lipinski definition) is 2. The third kappa shape index (κ3) is 4.02. The van der Waals surface area contributed by atoms with E-state index in [1.54, 1.807) is 0 Å². The normalized spacial score (nSPS) is 14.9. The molecule has 0 radical (unpaired) electrons. The maximum absolute atomic E-state index is 10.2. The molecule has 2 heteroatoms. The molecule has 0 fully saturated rings. The Bertz CT molecular complexity index is 271. The van der Waals surface area contributed by atoms with Crippen molar-refractivity contribution in [3.63, 3.8) is 0 Å². The van der Waals surface area contributed by atoms with E-state index in [1.165, 1.54) is 0 Å². The summed E-state index contributed by atoms with van der Waals surface area (Å²) in [6.07, 6.45) is 3.18. The van der Waals surface area contributed by atoms with Gasteiger partial charge in [0.05, 0.1) is 12.2 Å². The summed E-state index contributed by atoms with van der Waals surface area (Å²) in [5.41, 5.74) is 0.127. The highest BCUT2D eigenvalue weighted by Crippen LogP contribution is 2.19. The fraction of sp³-hybridized carbons (Fsp3) is 0.538. The van der Waals surface area contributed by atoms with Gasteiger partial charge in [-0.2, -0.15) is 0 Å². The Labute approximate surface area is 91.6 Å². The lowest BCUT2D eigenvalue weighted by Crippen LogP contribution is -2.35. The Balaban J connectivity index is 2.59. The van der Waals surface area contributed by atoms with Crippen LogP contribution in [0.4, 0.5) is 0 Å². The Morgan fingerprint density at radius 1 is 1.20 bits per heavy atom. The van der Waals surface area contributed by atoms with Crippen molar-refractivity contribution in [1.29, 1.82) is 0 Å². The number of benzene rings is 1. The van der Waals surface area contributed by atoms with Crippen molar-refractivity contribution in [1.82, 2.24) is 0 Å². The Morgan fingerprint density at radius 2 is 1.87 bits per heavy atom. The van der Waals surface area contributed by atoms with Crippen LogP contribution in [0, 0.1) is 0 Å². The molecule has 2 nitrogen and oxygen atoms in total. The average Bonchev–Trinajstić information content (AvgIpc) is 2.28. The van der Waals surface area contributed by atoms with Crippen molar-refractivity contribution in [2.75, 3.05) is 6.61 Å². The van der Waals surface area contributed by atoms with E-state index >= 15 is 0 Å². The monoisotopic (exact) mass is 208 g/mol. The lowest BCUT2D eigenvalue weighted by atomic mass is 9.90. The van der Waals surface area contributed by atoms with Crippen LogP contribution in [-0.2, 0) is 6.42 Å². The second-order valence-electron chi connectivity index (χ2n) is 4.15. The van der Waals surface area contributed by atoms with Crippen molar-refractivity contribution in [2.24, 2.45) is 0 Å². The molecule has 15 heavy (non-hydrogen) atoms. The number of aliphatic hydroxyl groups excluding tert-OH is 1. The van der Waals surface area contributed by atoms with Crippen LogP contribution in [0.3, 0.4) is 0 Å². The summed E-state index contributed by atoms with van der Waals surface area (Å²) in [5, 5.41) is 19.4. The molecule has 0 aromatic heterocycles. The smallest absolute Gasteiger partial charge is 0.0917 e. The highest BCUT2D eigenvalue weighted by molar-refractivity contribution is 5.17. The highest BCUT2D eigenvalue weighted by Gasteiger charge is 2.25. The van der Waals surface area contributed by atoms with Crippen LogP contribution < -0.4 is 0 Å². The topological polar surface area (TPSA) is 40.5 Å². The van der Waals surface area contributed by atoms with Crippen LogP contribution in [0.15, 0.2) is 30.3 Å². The van der Waals surface area contributed by atoms with Crippen LogP contribution in [0.2, 0.25) is 0 Å². The summed E-state index contributed by atoms with van der Waals surface area (Å²) in [5.74, 6) is 0. The predicted molar refractivity (Wildman–Crippen MR) is 61.7 cm³/mol. The van der Waals surface area contributed by atoms with Gasteiger partial charge in [0, 0.05) is 6.42 Å². The average molecular weight is 208 g/mol. The fourth-order valence-electron chi connectivity index (χ4n) is 1.71. The van der Waals surface area contributed by atoms with E-state index < -0.39 is 5.60 Å². The molecule has 0 spiro atoms. The summed E-state index contributed by atoms with van der Waals surface area (Å²) in [6, 6.07) is 9.81. The first-order valence-electron chi connectivity index (χ1n) is 5.57. The molecule has 0 heterocycles. The van der Waals surface area contributed by atoms with Crippen molar-refractivity contribution in [3.05, 3.63) is 35.9 Å². The number of rotatable bonds is 6. The van der Waals surface area contributed by atoms with Gasteiger partial charge in [-0.1, -0.05) is 50.1 Å². The van der Waals surface area contributed by atoms with Gasteiger partial charge in [0.25, 0.3) is 0 Å². The van der Waals surface area contributed by atoms with Crippen molar-refractivity contribution in [3.8, 4) is 0 Å². The van der Waals surface area contributed by atoms with Crippen LogP contribution in [0.5, 0.6) is 0 Å². The van der Waals surface area contributed by atoms with E-state index in [2.05, 4.69) is 6.92 Å². The van der Waals surface area contributed by atoms with Gasteiger partial charge in [0.1, 0.15) is 0 Å². The zero-order valence-corrected chi connectivity index (χ0v) is 9.32. The molecule has 0 saturated carbocycles. The van der Waals surface area contributed by atoms with Gasteiger partial charge in [-0.25, -0.2) is 0 Å². The molecule has 2 N–H and O–H groups in total. The summed E-state index contributed by atoms with van der Waals surface area (Å²) >= 11 is 0. The fourth-order valence-corrected chi connectivity index (χ4v) is 1.71. The largest absolute Gasteiger partial charge is 0.393 e. The molecule has 0 aliphatic heterocycles. The summed E-state index contributed by atoms with van der Waals surface area (Å²) in [6.45, 7) is 1.92. The van der Waals surface area contributed by atoms with Gasteiger partial charge < -0.3 is 10.2 Å². The molecular weight excluding hydrogens is 188 g/mol. The van der Waals surface area contributed by atoms with Gasteiger partial charge in [-0.05, 0) is 12.0 Å². The third-order valence-corrected chi connectivity index (χ3v) is 2.67. The quantitative estimate of drug-likeness (QED) is 0.752. The Kier molecular flexibility index (Phi) is 4.79. The van der Waals surface area contributed by atoms with Gasteiger partial charge >= 0.3 is 0 Å². The molecular formula is C13H20O2. The molecule has 1 rings (SSSR count). The van der Waals surface area contributed by atoms with E-state index in [4.69, 9.17) is 0 Å². The van der Waals surface area contributed by atoms with Crippen molar-refractivity contribution < 1.29 is 10.2 Å². The molecule has 84 valence electrons. The number of hydrogen-bond acceptors (Lipinski definition) is 2. The third-order valence-electron chi connectivity index (χ3n) is 2.67. The van der Waals surface area contributed by atoms with E-state index in [0.29, 0.717) is 12.8 Å². The molecule has 0 saturated heterocycles. The predicted octanol–water partition coefficient (Wildman–Crippen LogP) is 2.14. The number of unbranched alkanes of at least 4 members (excludes halogenated alkanes) is 1. The molecule has 0 aliphatic carbocycles. The zero-order chi connectivity index (χ0) is 11.1. The van der Waals surface area contributed by atoms with E-state index in [9.17, 15) is 10.2 Å². The van der Waals surface area contributed by atoms with Crippen LogP contribution >= 0.6 is 0 Å². The van der Waals surface area contributed by atoms with Gasteiger partial charge in [-0.3, -0.25) is 0 Å². The molecule has 1 aromatic rings. The summed E-state index contributed by atoms with van der Waals surface area (Å²) in [7, 11) is 0. The molecule has 0 amide bonds. The van der Waals surface area contributed by atoms with Crippen molar-refractivity contribution in [2.45, 2.75) is 38.2 Å². The number of aliphatic hydroxyl groups is 2.